The largest absolute Gasteiger partial charge is 0.308 e. The number of fused-ring (bicyclic) bond motifs is 6. The van der Waals surface area contributed by atoms with Crippen LogP contribution in [0.3, 0.4) is 0 Å². The van der Waals surface area contributed by atoms with E-state index in [0.29, 0.717) is 0 Å². The van der Waals surface area contributed by atoms with Gasteiger partial charge in [0.15, 0.2) is 0 Å². The Morgan fingerprint density at radius 2 is 1.59 bits per heavy atom. The molecule has 0 spiro atoms. The lowest BCUT2D eigenvalue weighted by Crippen LogP contribution is -2.32. The van der Waals surface area contributed by atoms with Crippen molar-refractivity contribution in [1.82, 2.24) is 14.4 Å². The molecule has 0 saturated carbocycles. The molecule has 4 nitrogen and oxygen atoms in total. The van der Waals surface area contributed by atoms with Crippen LogP contribution in [0.15, 0.2) is 67.3 Å². The van der Waals surface area contributed by atoms with E-state index in [4.69, 9.17) is 0 Å². The van der Waals surface area contributed by atoms with Gasteiger partial charge in [-0.2, -0.15) is 0 Å². The zero-order chi connectivity index (χ0) is 18.1. The lowest BCUT2D eigenvalue weighted by molar-refractivity contribution is -0.666. The number of rotatable bonds is 1. The van der Waals surface area contributed by atoms with Crippen LogP contribution < -0.4 is 4.57 Å². The Bertz CT molecular complexity index is 1490. The summed E-state index contributed by atoms with van der Waals surface area (Å²) in [5.74, 6) is 0.932. The van der Waals surface area contributed by atoms with Gasteiger partial charge < -0.3 is 4.40 Å². The summed E-state index contributed by atoms with van der Waals surface area (Å²) in [6.45, 7) is 2.20. The van der Waals surface area contributed by atoms with Crippen LogP contribution in [-0.4, -0.2) is 14.4 Å². The molecule has 3 aromatic carbocycles. The van der Waals surface area contributed by atoms with E-state index >= 15 is 0 Å². The van der Waals surface area contributed by atoms with Crippen molar-refractivity contribution in [2.24, 2.45) is 7.05 Å². The fourth-order valence-electron chi connectivity index (χ4n) is 4.54. The average molecular weight is 349 g/mol. The summed E-state index contributed by atoms with van der Waals surface area (Å²) in [4.78, 5) is 8.71. The topological polar surface area (TPSA) is 34.1 Å². The minimum Gasteiger partial charge on any atom is -0.308 e. The van der Waals surface area contributed by atoms with Gasteiger partial charge in [0.2, 0.25) is 6.33 Å². The Morgan fingerprint density at radius 3 is 2.37 bits per heavy atom. The van der Waals surface area contributed by atoms with Crippen LogP contribution >= 0.6 is 0 Å². The lowest BCUT2D eigenvalue weighted by atomic mass is 9.97. The minimum atomic E-state index is 0.932. The van der Waals surface area contributed by atoms with Gasteiger partial charge in [-0.25, -0.2) is 4.57 Å². The molecule has 0 fully saturated rings. The van der Waals surface area contributed by atoms with Crippen LogP contribution in [0.4, 0.5) is 0 Å². The fourth-order valence-corrected chi connectivity index (χ4v) is 4.54. The van der Waals surface area contributed by atoms with Crippen LogP contribution in [0.2, 0.25) is 0 Å². The molecule has 0 bridgehead atoms. The molecular weight excluding hydrogens is 332 g/mol. The highest BCUT2D eigenvalue weighted by Gasteiger charge is 2.23. The van der Waals surface area contributed by atoms with Gasteiger partial charge in [-0.1, -0.05) is 46.4 Å². The highest BCUT2D eigenvalue weighted by atomic mass is 15.1. The van der Waals surface area contributed by atoms with Gasteiger partial charge in [-0.05, 0) is 30.7 Å². The number of nitrogens with zero attached hydrogens (tertiary/aromatic N) is 4. The molecule has 0 unspecified atom stereocenters. The van der Waals surface area contributed by atoms with E-state index in [-0.39, 0.29) is 0 Å². The molecule has 3 aromatic heterocycles. The van der Waals surface area contributed by atoms with Gasteiger partial charge in [-0.3, -0.25) is 0 Å². The van der Waals surface area contributed by atoms with Crippen molar-refractivity contribution < 1.29 is 4.57 Å². The van der Waals surface area contributed by atoms with Crippen molar-refractivity contribution in [2.75, 3.05) is 0 Å². The maximum atomic E-state index is 4.57. The van der Waals surface area contributed by atoms with E-state index in [1.54, 1.807) is 6.33 Å². The van der Waals surface area contributed by atoms with Crippen LogP contribution in [0.25, 0.3) is 49.5 Å². The number of aromatic nitrogens is 4. The summed E-state index contributed by atoms with van der Waals surface area (Å²) in [7, 11) is 2.00. The fraction of sp³-hybridized carbons (Fsp3) is 0.0870. The van der Waals surface area contributed by atoms with Crippen LogP contribution in [0.5, 0.6) is 0 Å². The molecule has 128 valence electrons. The second-order valence-electron chi connectivity index (χ2n) is 7.13. The Labute approximate surface area is 155 Å². The van der Waals surface area contributed by atoms with E-state index in [1.807, 2.05) is 17.9 Å². The number of hydrogen-bond acceptors (Lipinski definition) is 2. The summed E-state index contributed by atoms with van der Waals surface area (Å²) < 4.78 is 4.40. The normalized spacial score (nSPS) is 12.1. The first kappa shape index (κ1) is 14.6. The zero-order valence-electron chi connectivity index (χ0n) is 15.1. The predicted molar refractivity (Wildman–Crippen MR) is 108 cm³/mol. The monoisotopic (exact) mass is 349 g/mol. The van der Waals surface area contributed by atoms with Crippen molar-refractivity contribution in [3.05, 3.63) is 72.8 Å². The quantitative estimate of drug-likeness (QED) is 0.412. The number of para-hydroxylation sites is 2. The maximum absolute atomic E-state index is 4.57. The first-order chi connectivity index (χ1) is 13.3. The van der Waals surface area contributed by atoms with E-state index in [9.17, 15) is 0 Å². The standard InChI is InChI=1S/C23H17N4/c1-14-17(23-25-12-24-13-26(23)2)11-18-15-7-3-5-9-19(15)27-20-10-6-4-8-16(20)21(14)22(18)27/h3-13H,1-2H3/q+1. The summed E-state index contributed by atoms with van der Waals surface area (Å²) in [6, 6.07) is 19.6. The molecule has 6 rings (SSSR count). The summed E-state index contributed by atoms with van der Waals surface area (Å²) in [5.41, 5.74) is 6.22. The van der Waals surface area contributed by atoms with Gasteiger partial charge in [0.1, 0.15) is 0 Å². The minimum absolute atomic E-state index is 0.932. The summed E-state index contributed by atoms with van der Waals surface area (Å²) in [5, 5.41) is 5.16. The van der Waals surface area contributed by atoms with E-state index in [2.05, 4.69) is 75.9 Å². The third kappa shape index (κ3) is 1.74. The molecule has 0 aliphatic rings. The molecule has 0 atom stereocenters. The Morgan fingerprint density at radius 1 is 0.889 bits per heavy atom. The van der Waals surface area contributed by atoms with Gasteiger partial charge in [-0.15, -0.1) is 0 Å². The zero-order valence-corrected chi connectivity index (χ0v) is 15.1. The molecule has 27 heavy (non-hydrogen) atoms. The van der Waals surface area contributed by atoms with Crippen molar-refractivity contribution >= 4 is 38.1 Å². The van der Waals surface area contributed by atoms with Gasteiger partial charge >= 0.3 is 0 Å². The SMILES string of the molecule is Cc1c(-c2ncnc[n+]2C)cc2c3ccccc3n3c4ccccc4c1c23. The Kier molecular flexibility index (Phi) is 2.71. The summed E-state index contributed by atoms with van der Waals surface area (Å²) in [6.07, 6.45) is 3.43. The van der Waals surface area contributed by atoms with E-state index in [0.717, 1.165) is 11.4 Å². The summed E-state index contributed by atoms with van der Waals surface area (Å²) >= 11 is 0. The lowest BCUT2D eigenvalue weighted by Gasteiger charge is -2.07. The van der Waals surface area contributed by atoms with E-state index in [1.165, 1.54) is 43.7 Å². The van der Waals surface area contributed by atoms with Crippen LogP contribution in [0, 0.1) is 6.92 Å². The Hall–Kier alpha value is -3.53. The third-order valence-corrected chi connectivity index (χ3v) is 5.69. The number of aryl methyl sites for hydroxylation is 2. The first-order valence-electron chi connectivity index (χ1n) is 9.08. The van der Waals surface area contributed by atoms with Crippen molar-refractivity contribution in [1.29, 1.82) is 0 Å². The highest BCUT2D eigenvalue weighted by molar-refractivity contribution is 6.25. The van der Waals surface area contributed by atoms with Crippen LogP contribution in [-0.2, 0) is 7.05 Å². The second-order valence-corrected chi connectivity index (χ2v) is 7.13. The number of benzene rings is 3. The molecule has 0 radical (unpaired) electrons. The number of hydrogen-bond donors (Lipinski definition) is 0. The second kappa shape index (κ2) is 5.01. The molecular formula is C23H17N4+. The molecule has 0 aliphatic heterocycles. The first-order valence-corrected chi connectivity index (χ1v) is 9.08. The smallest absolute Gasteiger partial charge is 0.273 e. The molecule has 0 N–H and O–H groups in total. The van der Waals surface area contributed by atoms with Gasteiger partial charge in [0, 0.05) is 21.5 Å². The van der Waals surface area contributed by atoms with Crippen molar-refractivity contribution in [2.45, 2.75) is 6.92 Å². The van der Waals surface area contributed by atoms with Gasteiger partial charge in [0.05, 0.1) is 29.2 Å². The highest BCUT2D eigenvalue weighted by Crippen LogP contribution is 2.43. The average Bonchev–Trinajstić information content (AvgIpc) is 3.21. The molecule has 4 heteroatoms. The van der Waals surface area contributed by atoms with Crippen molar-refractivity contribution in [3.63, 3.8) is 0 Å². The van der Waals surface area contributed by atoms with Crippen molar-refractivity contribution in [3.8, 4) is 11.4 Å². The molecule has 0 saturated heterocycles. The maximum Gasteiger partial charge on any atom is 0.273 e. The predicted octanol–water partition coefficient (Wildman–Crippen LogP) is 4.43. The molecule has 3 heterocycles. The molecule has 6 aromatic rings. The Balaban J connectivity index is 1.95. The molecule has 0 amide bonds. The molecule has 0 aliphatic carbocycles. The third-order valence-electron chi connectivity index (χ3n) is 5.69. The van der Waals surface area contributed by atoms with Gasteiger partial charge in [0.25, 0.3) is 12.2 Å². The van der Waals surface area contributed by atoms with Crippen LogP contribution in [0.1, 0.15) is 5.56 Å². The van der Waals surface area contributed by atoms with E-state index < -0.39 is 0 Å².